The number of rotatable bonds is 3. The van der Waals surface area contributed by atoms with Gasteiger partial charge in [0.05, 0.1) is 23.5 Å². The lowest BCUT2D eigenvalue weighted by molar-refractivity contribution is 0.0526. The van der Waals surface area contributed by atoms with Gasteiger partial charge in [0, 0.05) is 12.4 Å². The number of nitrogens with zero attached hydrogens (tertiary/aromatic N) is 3. The van der Waals surface area contributed by atoms with Crippen LogP contribution in [0.1, 0.15) is 23.1 Å². The molecule has 19 heavy (non-hydrogen) atoms. The first-order valence-corrected chi connectivity index (χ1v) is 5.67. The minimum atomic E-state index is -0.428. The highest BCUT2D eigenvalue weighted by Crippen LogP contribution is 2.20. The normalized spacial score (nSPS) is 9.89. The fraction of sp³-hybridized carbons (Fsp3) is 0.154. The number of nitrogens with two attached hydrogens (primary N) is 1. The van der Waals surface area contributed by atoms with E-state index in [4.69, 9.17) is 15.7 Å². The van der Waals surface area contributed by atoms with Crippen molar-refractivity contribution in [1.82, 2.24) is 9.55 Å². The largest absolute Gasteiger partial charge is 0.462 e. The van der Waals surface area contributed by atoms with Gasteiger partial charge in [-0.05, 0) is 25.1 Å². The molecule has 2 N–H and O–H groups in total. The van der Waals surface area contributed by atoms with E-state index in [2.05, 4.69) is 4.98 Å². The highest BCUT2D eigenvalue weighted by atomic mass is 16.5. The van der Waals surface area contributed by atoms with Crippen LogP contribution in [0.3, 0.4) is 0 Å². The van der Waals surface area contributed by atoms with Gasteiger partial charge in [-0.2, -0.15) is 5.26 Å². The third-order valence-electron chi connectivity index (χ3n) is 2.54. The Kier molecular flexibility index (Phi) is 3.48. The van der Waals surface area contributed by atoms with E-state index in [0.29, 0.717) is 23.5 Å². The Hall–Kier alpha value is -2.81. The Morgan fingerprint density at radius 3 is 3.05 bits per heavy atom. The van der Waals surface area contributed by atoms with Crippen molar-refractivity contribution in [2.24, 2.45) is 0 Å². The van der Waals surface area contributed by atoms with Crippen molar-refractivity contribution in [2.75, 3.05) is 12.3 Å². The Labute approximate surface area is 110 Å². The van der Waals surface area contributed by atoms with Crippen molar-refractivity contribution in [3.8, 4) is 11.8 Å². The number of esters is 1. The lowest BCUT2D eigenvalue weighted by Crippen LogP contribution is -2.08. The van der Waals surface area contributed by atoms with Gasteiger partial charge in [-0.3, -0.25) is 4.57 Å². The number of nitrogen functional groups attached to an aromatic ring is 1. The van der Waals surface area contributed by atoms with E-state index >= 15 is 0 Å². The molecular formula is C13H12N4O2. The summed E-state index contributed by atoms with van der Waals surface area (Å²) in [6, 6.07) is 6.72. The number of anilines is 1. The highest BCUT2D eigenvalue weighted by molar-refractivity contribution is 5.91. The number of aromatic nitrogens is 2. The van der Waals surface area contributed by atoms with Crippen LogP contribution in [-0.4, -0.2) is 22.1 Å². The van der Waals surface area contributed by atoms with Crippen LogP contribution in [0.2, 0.25) is 0 Å². The molecule has 0 unspecified atom stereocenters. The predicted octanol–water partition coefficient (Wildman–Crippen LogP) is 1.50. The number of hydrogen-bond donors (Lipinski definition) is 1. The van der Waals surface area contributed by atoms with Gasteiger partial charge in [0.25, 0.3) is 0 Å². The zero-order valence-electron chi connectivity index (χ0n) is 10.3. The summed E-state index contributed by atoms with van der Waals surface area (Å²) in [4.78, 5) is 15.6. The molecule has 0 aliphatic rings. The van der Waals surface area contributed by atoms with E-state index in [1.54, 1.807) is 31.3 Å². The molecule has 0 aliphatic heterocycles. The zero-order chi connectivity index (χ0) is 13.8. The summed E-state index contributed by atoms with van der Waals surface area (Å²) < 4.78 is 6.45. The van der Waals surface area contributed by atoms with E-state index in [0.717, 1.165) is 0 Å². The Bertz CT molecular complexity index is 655. The van der Waals surface area contributed by atoms with E-state index in [-0.39, 0.29) is 5.82 Å². The van der Waals surface area contributed by atoms with Gasteiger partial charge in [0.2, 0.25) is 5.82 Å². The van der Waals surface area contributed by atoms with Crippen LogP contribution in [0.25, 0.3) is 5.69 Å². The molecule has 1 aromatic heterocycles. The molecule has 0 saturated heterocycles. The molecule has 96 valence electrons. The number of hydrogen-bond acceptors (Lipinski definition) is 5. The number of carbonyl (C=O) groups is 1. The summed E-state index contributed by atoms with van der Waals surface area (Å²) in [5.41, 5.74) is 7.22. The first kappa shape index (κ1) is 12.6. The van der Waals surface area contributed by atoms with Gasteiger partial charge < -0.3 is 10.5 Å². The average Bonchev–Trinajstić information content (AvgIpc) is 2.87. The molecule has 2 rings (SSSR count). The molecule has 0 aliphatic carbocycles. The summed E-state index contributed by atoms with van der Waals surface area (Å²) in [6.45, 7) is 2.03. The van der Waals surface area contributed by atoms with Crippen molar-refractivity contribution in [1.29, 1.82) is 5.26 Å². The lowest BCUT2D eigenvalue weighted by atomic mass is 10.1. The predicted molar refractivity (Wildman–Crippen MR) is 68.6 cm³/mol. The van der Waals surface area contributed by atoms with E-state index in [9.17, 15) is 4.79 Å². The van der Waals surface area contributed by atoms with Crippen LogP contribution in [0.15, 0.2) is 30.6 Å². The summed E-state index contributed by atoms with van der Waals surface area (Å²) in [6.07, 6.45) is 3.11. The fourth-order valence-corrected chi connectivity index (χ4v) is 1.67. The molecule has 6 heteroatoms. The second kappa shape index (κ2) is 5.23. The molecule has 1 aromatic carbocycles. The summed E-state index contributed by atoms with van der Waals surface area (Å²) in [5.74, 6) is -0.227. The van der Waals surface area contributed by atoms with Gasteiger partial charge in [0.15, 0.2) is 0 Å². The number of benzene rings is 1. The first-order chi connectivity index (χ1) is 9.17. The standard InChI is InChI=1S/C13H12N4O2/c1-2-19-13(18)9-3-4-10(15)11(7-9)17-6-5-16-12(17)8-14/h3-7H,2,15H2,1H3. The minimum absolute atomic E-state index is 0.202. The highest BCUT2D eigenvalue weighted by Gasteiger charge is 2.12. The van der Waals surface area contributed by atoms with Crippen molar-refractivity contribution in [3.05, 3.63) is 42.0 Å². The molecule has 0 bridgehead atoms. The molecular weight excluding hydrogens is 244 g/mol. The SMILES string of the molecule is CCOC(=O)c1ccc(N)c(-n2ccnc2C#N)c1. The molecule has 0 radical (unpaired) electrons. The Balaban J connectivity index is 2.49. The summed E-state index contributed by atoms with van der Waals surface area (Å²) in [5, 5.41) is 8.96. The quantitative estimate of drug-likeness (QED) is 0.663. The maximum absolute atomic E-state index is 11.7. The second-order valence-electron chi connectivity index (χ2n) is 3.73. The molecule has 0 spiro atoms. The van der Waals surface area contributed by atoms with Crippen molar-refractivity contribution < 1.29 is 9.53 Å². The van der Waals surface area contributed by atoms with Crippen LogP contribution >= 0.6 is 0 Å². The molecule has 6 nitrogen and oxygen atoms in total. The van der Waals surface area contributed by atoms with Crippen molar-refractivity contribution in [2.45, 2.75) is 6.92 Å². The van der Waals surface area contributed by atoms with Crippen LogP contribution in [0.4, 0.5) is 5.69 Å². The van der Waals surface area contributed by atoms with Crippen LogP contribution in [0.5, 0.6) is 0 Å². The smallest absolute Gasteiger partial charge is 0.338 e. The molecule has 2 aromatic rings. The van der Waals surface area contributed by atoms with Crippen LogP contribution in [-0.2, 0) is 4.74 Å². The second-order valence-corrected chi connectivity index (χ2v) is 3.73. The molecule has 1 heterocycles. The fourth-order valence-electron chi connectivity index (χ4n) is 1.67. The topological polar surface area (TPSA) is 93.9 Å². The van der Waals surface area contributed by atoms with Gasteiger partial charge in [0.1, 0.15) is 6.07 Å². The molecule has 0 amide bonds. The number of imidazole rings is 1. The van der Waals surface area contributed by atoms with Gasteiger partial charge in [-0.1, -0.05) is 0 Å². The average molecular weight is 256 g/mol. The van der Waals surface area contributed by atoms with Crippen molar-refractivity contribution >= 4 is 11.7 Å². The molecule has 0 fully saturated rings. The third kappa shape index (κ3) is 2.40. The van der Waals surface area contributed by atoms with Gasteiger partial charge >= 0.3 is 5.97 Å². The first-order valence-electron chi connectivity index (χ1n) is 5.67. The lowest BCUT2D eigenvalue weighted by Gasteiger charge is -2.09. The number of ether oxygens (including phenoxy) is 1. The third-order valence-corrected chi connectivity index (χ3v) is 2.54. The maximum Gasteiger partial charge on any atom is 0.338 e. The number of nitriles is 1. The van der Waals surface area contributed by atoms with Crippen molar-refractivity contribution in [3.63, 3.8) is 0 Å². The molecule has 0 saturated carbocycles. The molecule has 0 atom stereocenters. The van der Waals surface area contributed by atoms with E-state index < -0.39 is 5.97 Å². The summed E-state index contributed by atoms with van der Waals surface area (Å²) >= 11 is 0. The van der Waals surface area contributed by atoms with Crippen LogP contribution < -0.4 is 5.73 Å². The maximum atomic E-state index is 11.7. The minimum Gasteiger partial charge on any atom is -0.462 e. The number of carbonyl (C=O) groups excluding carboxylic acids is 1. The summed E-state index contributed by atoms with van der Waals surface area (Å²) in [7, 11) is 0. The van der Waals surface area contributed by atoms with E-state index in [1.807, 2.05) is 6.07 Å². The van der Waals surface area contributed by atoms with Gasteiger partial charge in [-0.15, -0.1) is 0 Å². The zero-order valence-corrected chi connectivity index (χ0v) is 10.3. The monoisotopic (exact) mass is 256 g/mol. The Morgan fingerprint density at radius 1 is 1.58 bits per heavy atom. The Morgan fingerprint density at radius 2 is 2.37 bits per heavy atom. The van der Waals surface area contributed by atoms with E-state index in [1.165, 1.54) is 10.8 Å². The van der Waals surface area contributed by atoms with Crippen LogP contribution in [0, 0.1) is 11.3 Å². The van der Waals surface area contributed by atoms with Gasteiger partial charge in [-0.25, -0.2) is 9.78 Å².